The minimum absolute atomic E-state index is 0.114. The molecule has 0 amide bonds. The largest absolute Gasteiger partial charge is 0.372 e. The molecular formula is C16H24BrNO. The topological polar surface area (TPSA) is 21.3 Å². The molecule has 0 saturated heterocycles. The van der Waals surface area contributed by atoms with Gasteiger partial charge in [0.2, 0.25) is 0 Å². The van der Waals surface area contributed by atoms with Crippen molar-refractivity contribution in [3.8, 4) is 0 Å². The van der Waals surface area contributed by atoms with E-state index in [1.54, 1.807) is 0 Å². The standard InChI is InChI=1S/C16H24BrNO/c1-16(2,3)18-10-15(19-11-12-8-9-12)13-6-4-5-7-14(13)17/h4-7,12,15,18H,8-11H2,1-3H3. The van der Waals surface area contributed by atoms with E-state index in [0.29, 0.717) is 0 Å². The summed E-state index contributed by atoms with van der Waals surface area (Å²) in [6.45, 7) is 8.29. The number of hydrogen-bond donors (Lipinski definition) is 1. The summed E-state index contributed by atoms with van der Waals surface area (Å²) in [6, 6.07) is 8.35. The van der Waals surface area contributed by atoms with Crippen LogP contribution >= 0.6 is 15.9 Å². The predicted molar refractivity (Wildman–Crippen MR) is 83.3 cm³/mol. The van der Waals surface area contributed by atoms with Crippen molar-refractivity contribution in [2.75, 3.05) is 13.2 Å². The Kier molecular flexibility index (Phi) is 5.04. The summed E-state index contributed by atoms with van der Waals surface area (Å²) in [4.78, 5) is 0. The highest BCUT2D eigenvalue weighted by Gasteiger charge is 2.25. The van der Waals surface area contributed by atoms with Crippen molar-refractivity contribution >= 4 is 15.9 Å². The van der Waals surface area contributed by atoms with Crippen LogP contribution in [0.4, 0.5) is 0 Å². The monoisotopic (exact) mass is 325 g/mol. The molecule has 1 atom stereocenters. The minimum Gasteiger partial charge on any atom is -0.372 e. The van der Waals surface area contributed by atoms with Gasteiger partial charge >= 0.3 is 0 Å². The molecule has 1 aliphatic carbocycles. The van der Waals surface area contributed by atoms with E-state index in [-0.39, 0.29) is 11.6 Å². The molecule has 1 fully saturated rings. The van der Waals surface area contributed by atoms with Crippen LogP contribution in [0.25, 0.3) is 0 Å². The van der Waals surface area contributed by atoms with Crippen LogP contribution in [0.5, 0.6) is 0 Å². The lowest BCUT2D eigenvalue weighted by atomic mass is 10.1. The summed E-state index contributed by atoms with van der Waals surface area (Å²) in [5.41, 5.74) is 1.35. The molecule has 19 heavy (non-hydrogen) atoms. The van der Waals surface area contributed by atoms with Crippen LogP contribution in [0.15, 0.2) is 28.7 Å². The van der Waals surface area contributed by atoms with E-state index in [0.717, 1.165) is 23.5 Å². The molecule has 1 aromatic carbocycles. The molecule has 0 spiro atoms. The van der Waals surface area contributed by atoms with Crippen LogP contribution in [-0.4, -0.2) is 18.7 Å². The Morgan fingerprint density at radius 1 is 1.32 bits per heavy atom. The average molecular weight is 326 g/mol. The molecule has 1 N–H and O–H groups in total. The lowest BCUT2D eigenvalue weighted by Gasteiger charge is -2.26. The first kappa shape index (κ1) is 15.0. The second-order valence-electron chi connectivity index (χ2n) is 6.42. The zero-order chi connectivity index (χ0) is 13.9. The molecule has 106 valence electrons. The van der Waals surface area contributed by atoms with Gasteiger partial charge in [-0.15, -0.1) is 0 Å². The zero-order valence-electron chi connectivity index (χ0n) is 12.1. The lowest BCUT2D eigenvalue weighted by molar-refractivity contribution is 0.0407. The van der Waals surface area contributed by atoms with Gasteiger partial charge < -0.3 is 10.1 Å². The molecule has 1 aromatic rings. The molecule has 1 unspecified atom stereocenters. The van der Waals surface area contributed by atoms with Gasteiger partial charge in [0.1, 0.15) is 0 Å². The molecule has 2 nitrogen and oxygen atoms in total. The molecule has 2 rings (SSSR count). The summed E-state index contributed by atoms with van der Waals surface area (Å²) in [5, 5.41) is 3.55. The second kappa shape index (κ2) is 6.38. The maximum absolute atomic E-state index is 6.14. The van der Waals surface area contributed by atoms with Crippen molar-refractivity contribution in [1.29, 1.82) is 0 Å². The van der Waals surface area contributed by atoms with Gasteiger partial charge in [-0.2, -0.15) is 0 Å². The van der Waals surface area contributed by atoms with Crippen molar-refractivity contribution in [2.24, 2.45) is 5.92 Å². The van der Waals surface area contributed by atoms with Crippen LogP contribution in [0, 0.1) is 5.92 Å². The molecule has 0 radical (unpaired) electrons. The molecule has 0 heterocycles. The number of hydrogen-bond acceptors (Lipinski definition) is 2. The predicted octanol–water partition coefficient (Wildman–Crippen LogP) is 4.30. The Morgan fingerprint density at radius 3 is 2.58 bits per heavy atom. The summed E-state index contributed by atoms with van der Waals surface area (Å²) in [6.07, 6.45) is 2.78. The third kappa shape index (κ3) is 5.25. The lowest BCUT2D eigenvalue weighted by Crippen LogP contribution is -2.39. The molecule has 1 aliphatic rings. The Hall–Kier alpha value is -0.380. The Balaban J connectivity index is 2.01. The van der Waals surface area contributed by atoms with E-state index in [2.05, 4.69) is 60.2 Å². The van der Waals surface area contributed by atoms with Gasteiger partial charge in [0.25, 0.3) is 0 Å². The Bertz CT molecular complexity index is 409. The van der Waals surface area contributed by atoms with Crippen LogP contribution < -0.4 is 5.32 Å². The second-order valence-corrected chi connectivity index (χ2v) is 7.27. The van der Waals surface area contributed by atoms with Crippen molar-refractivity contribution in [1.82, 2.24) is 5.32 Å². The van der Waals surface area contributed by atoms with Crippen molar-refractivity contribution in [3.05, 3.63) is 34.3 Å². The van der Waals surface area contributed by atoms with E-state index in [9.17, 15) is 0 Å². The average Bonchev–Trinajstić information content (AvgIpc) is 3.13. The molecule has 0 aromatic heterocycles. The van der Waals surface area contributed by atoms with Crippen LogP contribution in [0.2, 0.25) is 0 Å². The summed E-state index contributed by atoms with van der Waals surface area (Å²) in [5.74, 6) is 0.791. The minimum atomic E-state index is 0.114. The molecule has 0 bridgehead atoms. The first-order valence-corrected chi connectivity index (χ1v) is 7.86. The van der Waals surface area contributed by atoms with Crippen molar-refractivity contribution < 1.29 is 4.74 Å². The van der Waals surface area contributed by atoms with Crippen LogP contribution in [0.3, 0.4) is 0 Å². The number of halogens is 1. The van der Waals surface area contributed by atoms with Gasteiger partial charge in [-0.05, 0) is 51.2 Å². The van der Waals surface area contributed by atoms with Crippen molar-refractivity contribution in [2.45, 2.75) is 45.3 Å². The van der Waals surface area contributed by atoms with Gasteiger partial charge in [0.15, 0.2) is 0 Å². The highest BCUT2D eigenvalue weighted by Crippen LogP contribution is 2.32. The summed E-state index contributed by atoms with van der Waals surface area (Å²) in [7, 11) is 0. The smallest absolute Gasteiger partial charge is 0.0960 e. The van der Waals surface area contributed by atoms with Crippen LogP contribution in [0.1, 0.15) is 45.3 Å². The van der Waals surface area contributed by atoms with E-state index in [1.807, 2.05) is 6.07 Å². The van der Waals surface area contributed by atoms with Gasteiger partial charge in [-0.1, -0.05) is 34.1 Å². The third-order valence-corrected chi connectivity index (χ3v) is 4.02. The molecule has 3 heteroatoms. The summed E-state index contributed by atoms with van der Waals surface area (Å²) >= 11 is 3.63. The highest BCUT2D eigenvalue weighted by atomic mass is 79.9. The number of ether oxygens (including phenoxy) is 1. The Morgan fingerprint density at radius 2 is 2.00 bits per heavy atom. The Labute approximate surface area is 125 Å². The quantitative estimate of drug-likeness (QED) is 0.841. The number of nitrogens with one attached hydrogen (secondary N) is 1. The van der Waals surface area contributed by atoms with Gasteiger partial charge in [-0.3, -0.25) is 0 Å². The van der Waals surface area contributed by atoms with E-state index in [4.69, 9.17) is 4.74 Å². The fourth-order valence-electron chi connectivity index (χ4n) is 1.93. The maximum Gasteiger partial charge on any atom is 0.0960 e. The fraction of sp³-hybridized carbons (Fsp3) is 0.625. The number of rotatable bonds is 6. The summed E-state index contributed by atoms with van der Waals surface area (Å²) < 4.78 is 7.27. The molecule has 1 saturated carbocycles. The van der Waals surface area contributed by atoms with E-state index < -0.39 is 0 Å². The van der Waals surface area contributed by atoms with Gasteiger partial charge in [-0.25, -0.2) is 0 Å². The molecular weight excluding hydrogens is 302 g/mol. The third-order valence-electron chi connectivity index (χ3n) is 3.30. The first-order chi connectivity index (χ1) is 8.96. The van der Waals surface area contributed by atoms with E-state index in [1.165, 1.54) is 18.4 Å². The molecule has 0 aliphatic heterocycles. The van der Waals surface area contributed by atoms with Gasteiger partial charge in [0, 0.05) is 16.6 Å². The zero-order valence-corrected chi connectivity index (χ0v) is 13.7. The van der Waals surface area contributed by atoms with Crippen LogP contribution in [-0.2, 0) is 4.74 Å². The highest BCUT2D eigenvalue weighted by molar-refractivity contribution is 9.10. The fourth-order valence-corrected chi connectivity index (χ4v) is 2.47. The first-order valence-electron chi connectivity index (χ1n) is 7.07. The maximum atomic E-state index is 6.14. The van der Waals surface area contributed by atoms with Gasteiger partial charge in [0.05, 0.1) is 12.7 Å². The van der Waals surface area contributed by atoms with Crippen molar-refractivity contribution in [3.63, 3.8) is 0 Å². The SMILES string of the molecule is CC(C)(C)NCC(OCC1CC1)c1ccccc1Br. The normalized spacial score (nSPS) is 17.5. The van der Waals surface area contributed by atoms with E-state index >= 15 is 0 Å². The number of benzene rings is 1.